The molecule has 0 aliphatic heterocycles. The zero-order valence-corrected chi connectivity index (χ0v) is 13.1. The molecule has 0 aliphatic rings. The summed E-state index contributed by atoms with van der Waals surface area (Å²) in [5, 5.41) is 9.25. The van der Waals surface area contributed by atoms with Crippen LogP contribution in [0.1, 0.15) is 25.8 Å². The number of carboxylic acids is 1. The lowest BCUT2D eigenvalue weighted by Crippen LogP contribution is -2.44. The predicted octanol–water partition coefficient (Wildman–Crippen LogP) is 2.43. The molecule has 7 heteroatoms. The standard InChI is InChI=1S/C13H18ClNO4S/c1-4-8(2)12(13(16)17)15-20(18,19)10-7-5-6-9(3)11(10)14/h5-8,12,15H,4H2,1-3H3,(H,16,17)/t8-,12-/m0/s1. The van der Waals surface area contributed by atoms with Gasteiger partial charge in [-0.05, 0) is 24.5 Å². The van der Waals surface area contributed by atoms with Gasteiger partial charge in [0, 0.05) is 0 Å². The molecule has 0 heterocycles. The van der Waals surface area contributed by atoms with E-state index in [4.69, 9.17) is 16.7 Å². The Morgan fingerprint density at radius 2 is 2.05 bits per heavy atom. The zero-order chi connectivity index (χ0) is 15.5. The number of carbonyl (C=O) groups is 1. The number of aliphatic carboxylic acids is 1. The molecule has 0 radical (unpaired) electrons. The molecule has 20 heavy (non-hydrogen) atoms. The van der Waals surface area contributed by atoms with E-state index in [1.807, 2.05) is 0 Å². The summed E-state index contributed by atoms with van der Waals surface area (Å²) in [5.41, 5.74) is 0.616. The number of rotatable bonds is 6. The fraction of sp³-hybridized carbons (Fsp3) is 0.462. The first-order valence-corrected chi connectivity index (χ1v) is 8.07. The van der Waals surface area contributed by atoms with Gasteiger partial charge < -0.3 is 5.11 Å². The minimum Gasteiger partial charge on any atom is -0.480 e. The molecule has 0 saturated heterocycles. The van der Waals surface area contributed by atoms with E-state index in [-0.39, 0.29) is 15.8 Å². The second-order valence-electron chi connectivity index (χ2n) is 4.71. The predicted molar refractivity (Wildman–Crippen MR) is 77.4 cm³/mol. The molecule has 1 rings (SSSR count). The van der Waals surface area contributed by atoms with E-state index in [0.717, 1.165) is 0 Å². The molecule has 0 amide bonds. The highest BCUT2D eigenvalue weighted by molar-refractivity contribution is 7.89. The third kappa shape index (κ3) is 3.71. The first-order chi connectivity index (χ1) is 9.20. The summed E-state index contributed by atoms with van der Waals surface area (Å²) in [6.45, 7) is 5.17. The summed E-state index contributed by atoms with van der Waals surface area (Å²) < 4.78 is 26.8. The third-order valence-corrected chi connectivity index (χ3v) is 5.30. The van der Waals surface area contributed by atoms with Crippen molar-refractivity contribution < 1.29 is 18.3 Å². The Balaban J connectivity index is 3.17. The largest absolute Gasteiger partial charge is 0.480 e. The SMILES string of the molecule is CC[C@H](C)[C@H](NS(=O)(=O)c1cccc(C)c1Cl)C(=O)O. The van der Waals surface area contributed by atoms with Crippen LogP contribution < -0.4 is 4.72 Å². The molecule has 2 atom stereocenters. The van der Waals surface area contributed by atoms with Crippen LogP contribution >= 0.6 is 11.6 Å². The van der Waals surface area contributed by atoms with Crippen LogP contribution in [0.15, 0.2) is 23.1 Å². The normalized spacial score (nSPS) is 14.8. The highest BCUT2D eigenvalue weighted by Gasteiger charge is 2.30. The Labute approximate surface area is 124 Å². The molecular formula is C13H18ClNO4S. The molecule has 0 aliphatic carbocycles. The Hall–Kier alpha value is -1.11. The van der Waals surface area contributed by atoms with Crippen molar-refractivity contribution in [1.82, 2.24) is 4.72 Å². The number of carboxylic acid groups (broad SMARTS) is 1. The van der Waals surface area contributed by atoms with Crippen molar-refractivity contribution in [1.29, 1.82) is 0 Å². The molecule has 0 saturated carbocycles. The van der Waals surface area contributed by atoms with Crippen LogP contribution in [-0.2, 0) is 14.8 Å². The van der Waals surface area contributed by atoms with Crippen LogP contribution in [0, 0.1) is 12.8 Å². The number of benzene rings is 1. The number of sulfonamides is 1. The molecule has 0 fully saturated rings. The van der Waals surface area contributed by atoms with E-state index in [2.05, 4.69) is 4.72 Å². The smallest absolute Gasteiger partial charge is 0.322 e. The molecular weight excluding hydrogens is 302 g/mol. The molecule has 1 aromatic carbocycles. The quantitative estimate of drug-likeness (QED) is 0.843. The van der Waals surface area contributed by atoms with Crippen molar-refractivity contribution in [3.63, 3.8) is 0 Å². The van der Waals surface area contributed by atoms with Gasteiger partial charge in [0.2, 0.25) is 10.0 Å². The Kier molecular flexibility index (Phi) is 5.56. The van der Waals surface area contributed by atoms with E-state index < -0.39 is 22.0 Å². The summed E-state index contributed by atoms with van der Waals surface area (Å²) in [6, 6.07) is 3.42. The number of aryl methyl sites for hydroxylation is 1. The van der Waals surface area contributed by atoms with Gasteiger partial charge in [-0.15, -0.1) is 0 Å². The van der Waals surface area contributed by atoms with Crippen LogP contribution in [0.25, 0.3) is 0 Å². The number of hydrogen-bond donors (Lipinski definition) is 2. The fourth-order valence-corrected chi connectivity index (χ4v) is 3.58. The average molecular weight is 320 g/mol. The molecule has 2 N–H and O–H groups in total. The van der Waals surface area contributed by atoms with Crippen molar-refractivity contribution in [2.24, 2.45) is 5.92 Å². The maximum absolute atomic E-state index is 12.3. The molecule has 0 unspecified atom stereocenters. The van der Waals surface area contributed by atoms with E-state index >= 15 is 0 Å². The fourth-order valence-electron chi connectivity index (χ4n) is 1.70. The number of nitrogens with one attached hydrogen (secondary N) is 1. The van der Waals surface area contributed by atoms with Gasteiger partial charge in [-0.25, -0.2) is 8.42 Å². The van der Waals surface area contributed by atoms with Gasteiger partial charge in [-0.3, -0.25) is 4.79 Å². The summed E-state index contributed by atoms with van der Waals surface area (Å²) in [6.07, 6.45) is 0.543. The van der Waals surface area contributed by atoms with E-state index in [9.17, 15) is 13.2 Å². The summed E-state index contributed by atoms with van der Waals surface area (Å²) in [4.78, 5) is 11.1. The van der Waals surface area contributed by atoms with Gasteiger partial charge in [0.1, 0.15) is 10.9 Å². The van der Waals surface area contributed by atoms with E-state index in [1.165, 1.54) is 6.07 Å². The van der Waals surface area contributed by atoms with Crippen LogP contribution in [0.4, 0.5) is 0 Å². The second kappa shape index (κ2) is 6.56. The van der Waals surface area contributed by atoms with Gasteiger partial charge >= 0.3 is 5.97 Å². The number of halogens is 1. The lowest BCUT2D eigenvalue weighted by molar-refractivity contribution is -0.140. The van der Waals surface area contributed by atoms with Gasteiger partial charge in [0.15, 0.2) is 0 Å². The molecule has 5 nitrogen and oxygen atoms in total. The van der Waals surface area contributed by atoms with Gasteiger partial charge in [0.25, 0.3) is 0 Å². The van der Waals surface area contributed by atoms with Crippen molar-refractivity contribution in [3.8, 4) is 0 Å². The Bertz CT molecular complexity index is 600. The first-order valence-electron chi connectivity index (χ1n) is 6.21. The summed E-state index contributed by atoms with van der Waals surface area (Å²) in [5.74, 6) is -1.53. The van der Waals surface area contributed by atoms with Gasteiger partial charge in [-0.1, -0.05) is 44.0 Å². The highest BCUT2D eigenvalue weighted by Crippen LogP contribution is 2.25. The molecule has 0 spiro atoms. The van der Waals surface area contributed by atoms with Crippen LogP contribution in [-0.4, -0.2) is 25.5 Å². The Morgan fingerprint density at radius 3 is 2.55 bits per heavy atom. The summed E-state index contributed by atoms with van der Waals surface area (Å²) >= 11 is 5.99. The first kappa shape index (κ1) is 16.9. The molecule has 1 aromatic rings. The van der Waals surface area contributed by atoms with Gasteiger partial charge in [0.05, 0.1) is 5.02 Å². The van der Waals surface area contributed by atoms with Crippen LogP contribution in [0.2, 0.25) is 5.02 Å². The average Bonchev–Trinajstić information content (AvgIpc) is 2.37. The lowest BCUT2D eigenvalue weighted by atomic mass is 10.0. The van der Waals surface area contributed by atoms with Crippen molar-refractivity contribution in [3.05, 3.63) is 28.8 Å². The second-order valence-corrected chi connectivity index (χ2v) is 6.77. The van der Waals surface area contributed by atoms with Crippen LogP contribution in [0.5, 0.6) is 0 Å². The molecule has 0 aromatic heterocycles. The minimum absolute atomic E-state index is 0.103. The third-order valence-electron chi connectivity index (χ3n) is 3.21. The Morgan fingerprint density at radius 1 is 1.45 bits per heavy atom. The van der Waals surface area contributed by atoms with Gasteiger partial charge in [-0.2, -0.15) is 4.72 Å². The topological polar surface area (TPSA) is 83.5 Å². The monoisotopic (exact) mass is 319 g/mol. The van der Waals surface area contributed by atoms with Crippen LogP contribution in [0.3, 0.4) is 0 Å². The molecule has 112 valence electrons. The lowest BCUT2D eigenvalue weighted by Gasteiger charge is -2.20. The van der Waals surface area contributed by atoms with E-state index in [1.54, 1.807) is 32.9 Å². The highest BCUT2D eigenvalue weighted by atomic mass is 35.5. The maximum Gasteiger partial charge on any atom is 0.322 e. The molecule has 0 bridgehead atoms. The zero-order valence-electron chi connectivity index (χ0n) is 11.6. The van der Waals surface area contributed by atoms with E-state index in [0.29, 0.717) is 12.0 Å². The van der Waals surface area contributed by atoms with Crippen molar-refractivity contribution in [2.45, 2.75) is 38.1 Å². The maximum atomic E-state index is 12.3. The van der Waals surface area contributed by atoms with Crippen molar-refractivity contribution >= 4 is 27.6 Å². The van der Waals surface area contributed by atoms with Crippen molar-refractivity contribution in [2.75, 3.05) is 0 Å². The number of hydrogen-bond acceptors (Lipinski definition) is 3. The summed E-state index contributed by atoms with van der Waals surface area (Å²) in [7, 11) is -3.98. The minimum atomic E-state index is -3.98.